The van der Waals surface area contributed by atoms with Gasteiger partial charge in [-0.2, -0.15) is 0 Å². The largest absolute Gasteiger partial charge is 0.381 e. The van der Waals surface area contributed by atoms with Gasteiger partial charge in [-0.25, -0.2) is 4.79 Å². The summed E-state index contributed by atoms with van der Waals surface area (Å²) in [4.78, 5) is 15.6. The maximum Gasteiger partial charge on any atom is 0.317 e. The Balaban J connectivity index is 1.35. The number of nitrogens with zero attached hydrogens (tertiary/aromatic N) is 1. The van der Waals surface area contributed by atoms with Crippen LogP contribution in [0.3, 0.4) is 0 Å². The molecule has 0 aromatic carbocycles. The first-order chi connectivity index (χ1) is 10.3. The highest BCUT2D eigenvalue weighted by atomic mass is 32.1. The van der Waals surface area contributed by atoms with Crippen LogP contribution in [0, 0.1) is 5.92 Å². The summed E-state index contributed by atoms with van der Waals surface area (Å²) in [6.07, 6.45) is 5.74. The Bertz CT molecular complexity index is 445. The minimum atomic E-state index is 0.0769. The fraction of sp³-hybridized carbons (Fsp3) is 0.688. The molecule has 4 nitrogen and oxygen atoms in total. The second-order valence-corrected chi connectivity index (χ2v) is 6.95. The van der Waals surface area contributed by atoms with E-state index in [0.717, 1.165) is 44.9 Å². The quantitative estimate of drug-likeness (QED) is 0.784. The molecule has 2 aliphatic rings. The molecule has 0 spiro atoms. The molecule has 2 heterocycles. The number of carbonyl (C=O) groups excluding carboxylic acids is 1. The Hall–Kier alpha value is -1.07. The second kappa shape index (κ2) is 7.27. The van der Waals surface area contributed by atoms with Crippen molar-refractivity contribution in [3.63, 3.8) is 0 Å². The zero-order valence-corrected chi connectivity index (χ0v) is 13.2. The molecule has 0 radical (unpaired) electrons. The zero-order valence-electron chi connectivity index (χ0n) is 12.4. The van der Waals surface area contributed by atoms with Crippen LogP contribution >= 0.6 is 11.3 Å². The molecule has 1 unspecified atom stereocenters. The van der Waals surface area contributed by atoms with Gasteiger partial charge in [0.2, 0.25) is 0 Å². The van der Waals surface area contributed by atoms with Crippen molar-refractivity contribution in [3.05, 3.63) is 22.4 Å². The van der Waals surface area contributed by atoms with Gasteiger partial charge >= 0.3 is 6.03 Å². The highest BCUT2D eigenvalue weighted by Crippen LogP contribution is 2.34. The van der Waals surface area contributed by atoms with E-state index in [0.29, 0.717) is 6.54 Å². The SMILES string of the molecule is O=C(NCCCOCC1CC1)N1CCCC1c1cccs1. The van der Waals surface area contributed by atoms with Gasteiger partial charge in [0.25, 0.3) is 0 Å². The van der Waals surface area contributed by atoms with Gasteiger partial charge < -0.3 is 15.0 Å². The van der Waals surface area contributed by atoms with Crippen LogP contribution in [0.1, 0.15) is 43.0 Å². The van der Waals surface area contributed by atoms with E-state index in [1.807, 2.05) is 4.90 Å². The molecule has 1 aromatic rings. The lowest BCUT2D eigenvalue weighted by atomic mass is 10.2. The Morgan fingerprint density at radius 2 is 2.33 bits per heavy atom. The summed E-state index contributed by atoms with van der Waals surface area (Å²) < 4.78 is 5.58. The van der Waals surface area contributed by atoms with Crippen LogP contribution in [-0.4, -0.2) is 37.2 Å². The van der Waals surface area contributed by atoms with E-state index in [1.165, 1.54) is 17.7 Å². The van der Waals surface area contributed by atoms with Crippen molar-refractivity contribution in [1.82, 2.24) is 10.2 Å². The fourth-order valence-corrected chi connectivity index (χ4v) is 3.67. The first kappa shape index (κ1) is 14.9. The van der Waals surface area contributed by atoms with Gasteiger partial charge in [0, 0.05) is 31.2 Å². The number of thiophene rings is 1. The minimum absolute atomic E-state index is 0.0769. The molecule has 1 aromatic heterocycles. The predicted octanol–water partition coefficient (Wildman–Crippen LogP) is 3.41. The van der Waals surface area contributed by atoms with Crippen molar-refractivity contribution in [2.75, 3.05) is 26.3 Å². The molecule has 1 aliphatic carbocycles. The second-order valence-electron chi connectivity index (χ2n) is 5.97. The normalized spacial score (nSPS) is 21.7. The molecule has 3 rings (SSSR count). The van der Waals surface area contributed by atoms with Crippen molar-refractivity contribution in [2.24, 2.45) is 5.92 Å². The van der Waals surface area contributed by atoms with Gasteiger partial charge in [0.15, 0.2) is 0 Å². The van der Waals surface area contributed by atoms with Crippen LogP contribution in [0.4, 0.5) is 4.79 Å². The molecule has 1 saturated heterocycles. The molecule has 21 heavy (non-hydrogen) atoms. The summed E-state index contributed by atoms with van der Waals surface area (Å²) in [6, 6.07) is 4.54. The number of rotatable bonds is 7. The van der Waals surface area contributed by atoms with Crippen LogP contribution in [0.15, 0.2) is 17.5 Å². The first-order valence-electron chi connectivity index (χ1n) is 8.00. The Morgan fingerprint density at radius 1 is 1.43 bits per heavy atom. The van der Waals surface area contributed by atoms with Gasteiger partial charge in [0.1, 0.15) is 0 Å². The summed E-state index contributed by atoms with van der Waals surface area (Å²) in [5, 5.41) is 5.12. The summed E-state index contributed by atoms with van der Waals surface area (Å²) >= 11 is 1.74. The molecule has 1 N–H and O–H groups in total. The highest BCUT2D eigenvalue weighted by molar-refractivity contribution is 7.10. The first-order valence-corrected chi connectivity index (χ1v) is 8.88. The Kier molecular flexibility index (Phi) is 5.14. The average Bonchev–Trinajstić information content (AvgIpc) is 2.97. The number of nitrogens with one attached hydrogen (secondary N) is 1. The molecule has 2 amide bonds. The molecule has 1 aliphatic heterocycles. The highest BCUT2D eigenvalue weighted by Gasteiger charge is 2.30. The van der Waals surface area contributed by atoms with Gasteiger partial charge in [-0.05, 0) is 49.5 Å². The maximum atomic E-state index is 12.3. The predicted molar refractivity (Wildman–Crippen MR) is 84.6 cm³/mol. The lowest BCUT2D eigenvalue weighted by molar-refractivity contribution is 0.121. The summed E-state index contributed by atoms with van der Waals surface area (Å²) in [5.74, 6) is 0.816. The topological polar surface area (TPSA) is 41.6 Å². The Morgan fingerprint density at radius 3 is 3.10 bits per heavy atom. The fourth-order valence-electron chi connectivity index (χ4n) is 2.79. The lowest BCUT2D eigenvalue weighted by Crippen LogP contribution is -2.39. The molecule has 1 saturated carbocycles. The standard InChI is InChI=1S/C16H24N2O2S/c19-16(17-8-3-10-20-12-13-6-7-13)18-9-1-4-14(18)15-5-2-11-21-15/h2,5,11,13-14H,1,3-4,6-10,12H2,(H,17,19). The van der Waals surface area contributed by atoms with E-state index >= 15 is 0 Å². The minimum Gasteiger partial charge on any atom is -0.381 e. The number of ether oxygens (including phenoxy) is 1. The van der Waals surface area contributed by atoms with Crippen molar-refractivity contribution in [2.45, 2.75) is 38.1 Å². The van der Waals surface area contributed by atoms with Crippen LogP contribution in [0.2, 0.25) is 0 Å². The molecule has 2 fully saturated rings. The van der Waals surface area contributed by atoms with Crippen LogP contribution in [-0.2, 0) is 4.74 Å². The van der Waals surface area contributed by atoms with Gasteiger partial charge in [0.05, 0.1) is 6.04 Å². The lowest BCUT2D eigenvalue weighted by Gasteiger charge is -2.24. The van der Waals surface area contributed by atoms with Crippen LogP contribution in [0.25, 0.3) is 0 Å². The van der Waals surface area contributed by atoms with E-state index in [1.54, 1.807) is 11.3 Å². The van der Waals surface area contributed by atoms with Gasteiger partial charge in [-0.15, -0.1) is 11.3 Å². The molecule has 5 heteroatoms. The van der Waals surface area contributed by atoms with E-state index in [2.05, 4.69) is 22.8 Å². The number of likely N-dealkylation sites (tertiary alicyclic amines) is 1. The van der Waals surface area contributed by atoms with Crippen molar-refractivity contribution in [3.8, 4) is 0 Å². The third-order valence-corrected chi connectivity index (χ3v) is 5.15. The third kappa shape index (κ3) is 4.20. The number of hydrogen-bond donors (Lipinski definition) is 1. The average molecular weight is 308 g/mol. The number of hydrogen-bond acceptors (Lipinski definition) is 3. The van der Waals surface area contributed by atoms with E-state index in [-0.39, 0.29) is 12.1 Å². The molecule has 1 atom stereocenters. The van der Waals surface area contributed by atoms with Crippen LogP contribution < -0.4 is 5.32 Å². The van der Waals surface area contributed by atoms with Crippen LogP contribution in [0.5, 0.6) is 0 Å². The van der Waals surface area contributed by atoms with E-state index < -0.39 is 0 Å². The van der Waals surface area contributed by atoms with E-state index in [9.17, 15) is 4.79 Å². The molecular formula is C16H24N2O2S. The molecule has 116 valence electrons. The molecular weight excluding hydrogens is 284 g/mol. The maximum absolute atomic E-state index is 12.3. The molecule has 0 bridgehead atoms. The van der Waals surface area contributed by atoms with Gasteiger partial charge in [-0.3, -0.25) is 0 Å². The summed E-state index contributed by atoms with van der Waals surface area (Å²) in [7, 11) is 0. The monoisotopic (exact) mass is 308 g/mol. The Labute approximate surface area is 130 Å². The van der Waals surface area contributed by atoms with Crippen molar-refractivity contribution < 1.29 is 9.53 Å². The summed E-state index contributed by atoms with van der Waals surface area (Å²) in [5.41, 5.74) is 0. The van der Waals surface area contributed by atoms with E-state index in [4.69, 9.17) is 4.74 Å². The number of urea groups is 1. The number of amides is 2. The van der Waals surface area contributed by atoms with Gasteiger partial charge in [-0.1, -0.05) is 6.07 Å². The smallest absolute Gasteiger partial charge is 0.317 e. The summed E-state index contributed by atoms with van der Waals surface area (Å²) in [6.45, 7) is 3.23. The third-order valence-electron chi connectivity index (χ3n) is 4.18. The number of carbonyl (C=O) groups is 1. The van der Waals surface area contributed by atoms with Crippen molar-refractivity contribution >= 4 is 17.4 Å². The van der Waals surface area contributed by atoms with Crippen molar-refractivity contribution in [1.29, 1.82) is 0 Å². The zero-order chi connectivity index (χ0) is 14.5.